The maximum absolute atomic E-state index is 13.7. The zero-order chi connectivity index (χ0) is 14.5. The van der Waals surface area contributed by atoms with Crippen LogP contribution in [0.3, 0.4) is 0 Å². The number of halogens is 2. The molecule has 0 aliphatic carbocycles. The van der Waals surface area contributed by atoms with Crippen molar-refractivity contribution >= 4 is 23.2 Å². The second kappa shape index (κ2) is 6.18. The number of carbonyl (C=O) groups excluding carboxylic acids is 1. The summed E-state index contributed by atoms with van der Waals surface area (Å²) in [5.74, 6) is -1.31. The Bertz CT molecular complexity index is 677. The van der Waals surface area contributed by atoms with E-state index in [-0.39, 0.29) is 10.6 Å². The number of nitrogens with one attached hydrogen (secondary N) is 1. The van der Waals surface area contributed by atoms with Gasteiger partial charge in [0.2, 0.25) is 0 Å². The Labute approximate surface area is 120 Å². The number of rotatable bonds is 3. The third-order valence-corrected chi connectivity index (χ3v) is 2.98. The summed E-state index contributed by atoms with van der Waals surface area (Å²) in [6, 6.07) is 13.1. The highest BCUT2D eigenvalue weighted by molar-refractivity contribution is 6.31. The van der Waals surface area contributed by atoms with Gasteiger partial charge in [0.05, 0.1) is 23.1 Å². The first-order valence-corrected chi connectivity index (χ1v) is 6.21. The number of nitriles is 1. The van der Waals surface area contributed by atoms with Crippen molar-refractivity contribution in [1.82, 2.24) is 0 Å². The molecule has 0 aliphatic rings. The van der Waals surface area contributed by atoms with E-state index in [2.05, 4.69) is 5.32 Å². The topological polar surface area (TPSA) is 52.9 Å². The van der Waals surface area contributed by atoms with Gasteiger partial charge in [0.1, 0.15) is 0 Å². The third-order valence-electron chi connectivity index (χ3n) is 2.69. The van der Waals surface area contributed by atoms with E-state index < -0.39 is 11.7 Å². The van der Waals surface area contributed by atoms with Crippen LogP contribution in [0.15, 0.2) is 42.5 Å². The smallest absolute Gasteiger partial charge is 0.258 e. The lowest BCUT2D eigenvalue weighted by atomic mass is 10.1. The quantitative estimate of drug-likeness (QED) is 0.934. The molecule has 0 saturated carbocycles. The molecule has 3 nitrogen and oxygen atoms in total. The number of benzene rings is 2. The first-order valence-electron chi connectivity index (χ1n) is 5.83. The highest BCUT2D eigenvalue weighted by atomic mass is 35.5. The summed E-state index contributed by atoms with van der Waals surface area (Å²) in [6.07, 6.45) is 0.303. The molecule has 0 atom stereocenters. The predicted octanol–water partition coefficient (Wildman–Crippen LogP) is 3.80. The molecule has 1 amide bonds. The van der Waals surface area contributed by atoms with Crippen LogP contribution in [0.2, 0.25) is 5.02 Å². The van der Waals surface area contributed by atoms with Gasteiger partial charge < -0.3 is 5.32 Å². The van der Waals surface area contributed by atoms with Crippen molar-refractivity contribution in [3.05, 3.63) is 64.4 Å². The van der Waals surface area contributed by atoms with Gasteiger partial charge in [0, 0.05) is 5.69 Å². The summed E-state index contributed by atoms with van der Waals surface area (Å²) in [5, 5.41) is 11.0. The summed E-state index contributed by atoms with van der Waals surface area (Å²) in [4.78, 5) is 11.9. The fourth-order valence-corrected chi connectivity index (χ4v) is 1.85. The molecule has 2 rings (SSSR count). The Morgan fingerprint density at radius 1 is 1.25 bits per heavy atom. The van der Waals surface area contributed by atoms with E-state index in [4.69, 9.17) is 16.9 Å². The Hall–Kier alpha value is -2.38. The number of hydrogen-bond acceptors (Lipinski definition) is 2. The van der Waals surface area contributed by atoms with Gasteiger partial charge in [-0.2, -0.15) is 5.26 Å². The van der Waals surface area contributed by atoms with Crippen LogP contribution in [0.4, 0.5) is 10.1 Å². The van der Waals surface area contributed by atoms with Crippen molar-refractivity contribution in [3.63, 3.8) is 0 Å². The van der Waals surface area contributed by atoms with E-state index in [1.54, 1.807) is 24.3 Å². The van der Waals surface area contributed by atoms with Crippen LogP contribution >= 0.6 is 11.6 Å². The number of anilines is 1. The van der Waals surface area contributed by atoms with Gasteiger partial charge in [0.15, 0.2) is 5.82 Å². The van der Waals surface area contributed by atoms with Gasteiger partial charge in [-0.25, -0.2) is 4.39 Å². The molecular weight excluding hydrogens is 279 g/mol. The highest BCUT2D eigenvalue weighted by Crippen LogP contribution is 2.19. The van der Waals surface area contributed by atoms with Crippen molar-refractivity contribution in [1.29, 1.82) is 5.26 Å². The predicted molar refractivity (Wildman–Crippen MR) is 75.1 cm³/mol. The van der Waals surface area contributed by atoms with Gasteiger partial charge in [-0.15, -0.1) is 0 Å². The second-order valence-electron chi connectivity index (χ2n) is 4.09. The van der Waals surface area contributed by atoms with E-state index in [9.17, 15) is 9.18 Å². The molecule has 0 fully saturated rings. The summed E-state index contributed by atoms with van der Waals surface area (Å²) in [7, 11) is 0. The van der Waals surface area contributed by atoms with Gasteiger partial charge in [-0.05, 0) is 29.8 Å². The van der Waals surface area contributed by atoms with Gasteiger partial charge in [-0.1, -0.05) is 29.8 Å². The molecule has 5 heteroatoms. The van der Waals surface area contributed by atoms with Crippen molar-refractivity contribution in [2.45, 2.75) is 6.42 Å². The maximum atomic E-state index is 13.7. The number of hydrogen-bond donors (Lipinski definition) is 1. The second-order valence-corrected chi connectivity index (χ2v) is 4.49. The molecule has 0 aliphatic heterocycles. The minimum Gasteiger partial charge on any atom is -0.322 e. The number of nitrogens with zero attached hydrogens (tertiary/aromatic N) is 1. The van der Waals surface area contributed by atoms with E-state index in [1.807, 2.05) is 6.07 Å². The van der Waals surface area contributed by atoms with E-state index in [0.717, 1.165) is 5.56 Å². The van der Waals surface area contributed by atoms with Gasteiger partial charge >= 0.3 is 0 Å². The first-order chi connectivity index (χ1) is 9.61. The van der Waals surface area contributed by atoms with Crippen LogP contribution in [-0.4, -0.2) is 5.91 Å². The Morgan fingerprint density at radius 2 is 1.95 bits per heavy atom. The Balaban J connectivity index is 2.15. The molecule has 0 heterocycles. The van der Waals surface area contributed by atoms with Gasteiger partial charge in [-0.3, -0.25) is 4.79 Å². The normalized spacial score (nSPS) is 9.85. The zero-order valence-electron chi connectivity index (χ0n) is 10.4. The molecule has 100 valence electrons. The zero-order valence-corrected chi connectivity index (χ0v) is 11.1. The summed E-state index contributed by atoms with van der Waals surface area (Å²) >= 11 is 5.63. The molecule has 20 heavy (non-hydrogen) atoms. The highest BCUT2D eigenvalue weighted by Gasteiger charge is 2.14. The molecule has 2 aromatic rings. The SMILES string of the molecule is N#CCc1ccc(NC(=O)c2cccc(Cl)c2F)cc1. The molecule has 0 bridgehead atoms. The van der Waals surface area contributed by atoms with Crippen molar-refractivity contribution in [3.8, 4) is 6.07 Å². The largest absolute Gasteiger partial charge is 0.322 e. The van der Waals surface area contributed by atoms with Crippen molar-refractivity contribution in [2.24, 2.45) is 0 Å². The van der Waals surface area contributed by atoms with Crippen molar-refractivity contribution in [2.75, 3.05) is 5.32 Å². The molecule has 2 aromatic carbocycles. The van der Waals surface area contributed by atoms with E-state index >= 15 is 0 Å². The third kappa shape index (κ3) is 3.14. The van der Waals surface area contributed by atoms with Gasteiger partial charge in [0.25, 0.3) is 5.91 Å². The summed E-state index contributed by atoms with van der Waals surface area (Å²) in [5.41, 5.74) is 1.26. The summed E-state index contributed by atoms with van der Waals surface area (Å²) < 4.78 is 13.7. The van der Waals surface area contributed by atoms with Crippen LogP contribution in [0.1, 0.15) is 15.9 Å². The standard InChI is InChI=1S/C15H10ClFN2O/c16-13-3-1-2-12(14(13)17)15(20)19-11-6-4-10(5-7-11)8-9-18/h1-7H,8H2,(H,19,20). The summed E-state index contributed by atoms with van der Waals surface area (Å²) in [6.45, 7) is 0. The molecule has 1 N–H and O–H groups in total. The minimum absolute atomic E-state index is 0.0954. The first kappa shape index (κ1) is 14.0. The van der Waals surface area contributed by atoms with Crippen LogP contribution in [0.5, 0.6) is 0 Å². The van der Waals surface area contributed by atoms with Crippen LogP contribution in [-0.2, 0) is 6.42 Å². The Kier molecular flexibility index (Phi) is 4.34. The molecule has 0 radical (unpaired) electrons. The molecule has 0 spiro atoms. The lowest BCUT2D eigenvalue weighted by Gasteiger charge is -2.07. The molecule has 0 saturated heterocycles. The van der Waals surface area contributed by atoms with Crippen LogP contribution < -0.4 is 5.32 Å². The molecular formula is C15H10ClFN2O. The fourth-order valence-electron chi connectivity index (χ4n) is 1.67. The van der Waals surface area contributed by atoms with E-state index in [1.165, 1.54) is 18.2 Å². The molecule has 0 aromatic heterocycles. The molecule has 0 unspecified atom stereocenters. The lowest BCUT2D eigenvalue weighted by molar-refractivity contribution is 0.102. The average Bonchev–Trinajstić information content (AvgIpc) is 2.44. The van der Waals surface area contributed by atoms with E-state index in [0.29, 0.717) is 12.1 Å². The fraction of sp³-hybridized carbons (Fsp3) is 0.0667. The van der Waals surface area contributed by atoms with Crippen molar-refractivity contribution < 1.29 is 9.18 Å². The van der Waals surface area contributed by atoms with Crippen LogP contribution in [0, 0.1) is 17.1 Å². The minimum atomic E-state index is -0.743. The maximum Gasteiger partial charge on any atom is 0.258 e. The Morgan fingerprint density at radius 3 is 2.60 bits per heavy atom. The monoisotopic (exact) mass is 288 g/mol. The van der Waals surface area contributed by atoms with Crippen LogP contribution in [0.25, 0.3) is 0 Å². The average molecular weight is 289 g/mol. The number of amides is 1. The lowest BCUT2D eigenvalue weighted by Crippen LogP contribution is -2.13. The number of carbonyl (C=O) groups is 1.